The Hall–Kier alpha value is -2.30. The molecule has 0 spiro atoms. The molecule has 1 N–H and O–H groups in total. The summed E-state index contributed by atoms with van der Waals surface area (Å²) in [4.78, 5) is 12.5. The monoisotopic (exact) mass is 343 g/mol. The zero-order valence-corrected chi connectivity index (χ0v) is 16.1. The van der Waals surface area contributed by atoms with Crippen LogP contribution in [0.5, 0.6) is 5.75 Å². The molecule has 1 aromatic carbocycles. The van der Waals surface area contributed by atoms with Crippen molar-refractivity contribution in [3.63, 3.8) is 0 Å². The van der Waals surface area contributed by atoms with E-state index in [1.807, 2.05) is 49.7 Å². The summed E-state index contributed by atoms with van der Waals surface area (Å²) in [5.41, 5.74) is 4.54. The second-order valence-corrected chi connectivity index (χ2v) is 6.66. The predicted molar refractivity (Wildman–Crippen MR) is 100 cm³/mol. The molecule has 2 unspecified atom stereocenters. The third-order valence-corrected chi connectivity index (χ3v) is 4.64. The van der Waals surface area contributed by atoms with Crippen LogP contribution in [0.1, 0.15) is 48.8 Å². The van der Waals surface area contributed by atoms with Crippen LogP contribution in [0.15, 0.2) is 24.3 Å². The van der Waals surface area contributed by atoms with Gasteiger partial charge >= 0.3 is 0 Å². The second-order valence-electron chi connectivity index (χ2n) is 6.66. The van der Waals surface area contributed by atoms with Crippen LogP contribution in [-0.4, -0.2) is 28.3 Å². The minimum absolute atomic E-state index is 0.0896. The summed E-state index contributed by atoms with van der Waals surface area (Å²) >= 11 is 0. The van der Waals surface area contributed by atoms with E-state index in [1.165, 1.54) is 11.1 Å². The molecule has 0 aliphatic rings. The molecule has 5 heteroatoms. The molecule has 2 atom stereocenters. The van der Waals surface area contributed by atoms with Gasteiger partial charge in [-0.05, 0) is 58.7 Å². The van der Waals surface area contributed by atoms with Crippen molar-refractivity contribution in [1.82, 2.24) is 15.1 Å². The Balaban J connectivity index is 1.94. The first-order chi connectivity index (χ1) is 11.8. The number of ether oxygens (including phenoxy) is 1. The van der Waals surface area contributed by atoms with Crippen LogP contribution in [0.4, 0.5) is 0 Å². The van der Waals surface area contributed by atoms with Crippen LogP contribution in [-0.2, 0) is 4.79 Å². The zero-order chi connectivity index (χ0) is 18.6. The number of aryl methyl sites for hydroxylation is 2. The maximum atomic E-state index is 12.5. The minimum atomic E-state index is -0.489. The third-order valence-electron chi connectivity index (χ3n) is 4.64. The molecule has 0 bridgehead atoms. The van der Waals surface area contributed by atoms with Crippen molar-refractivity contribution in [2.24, 2.45) is 0 Å². The van der Waals surface area contributed by atoms with Crippen LogP contribution in [0.3, 0.4) is 0 Å². The van der Waals surface area contributed by atoms with Gasteiger partial charge < -0.3 is 10.1 Å². The molecule has 2 aromatic rings. The Labute approximate surface area is 150 Å². The van der Waals surface area contributed by atoms with Gasteiger partial charge in [0.2, 0.25) is 0 Å². The molecule has 0 saturated carbocycles. The number of carbonyl (C=O) groups excluding carboxylic acids is 1. The van der Waals surface area contributed by atoms with Crippen LogP contribution >= 0.6 is 0 Å². The molecule has 1 heterocycles. The molecule has 0 fully saturated rings. The fraction of sp³-hybridized carbons (Fsp3) is 0.500. The number of benzene rings is 1. The smallest absolute Gasteiger partial charge is 0.261 e. The van der Waals surface area contributed by atoms with Crippen molar-refractivity contribution in [3.05, 3.63) is 46.8 Å². The summed E-state index contributed by atoms with van der Waals surface area (Å²) in [5.74, 6) is 0.628. The molecule has 1 aromatic heterocycles. The summed E-state index contributed by atoms with van der Waals surface area (Å²) in [7, 11) is 0. The lowest BCUT2D eigenvalue weighted by Gasteiger charge is -2.20. The van der Waals surface area contributed by atoms with Crippen LogP contribution in [0.2, 0.25) is 0 Å². The Kier molecular flexibility index (Phi) is 6.23. The van der Waals surface area contributed by atoms with Crippen molar-refractivity contribution < 1.29 is 9.53 Å². The largest absolute Gasteiger partial charge is 0.481 e. The van der Waals surface area contributed by atoms with Crippen molar-refractivity contribution in [2.45, 2.75) is 60.1 Å². The maximum Gasteiger partial charge on any atom is 0.261 e. The van der Waals surface area contributed by atoms with Crippen LogP contribution < -0.4 is 10.1 Å². The molecule has 0 aliphatic heterocycles. The molecule has 5 nitrogen and oxygen atoms in total. The fourth-order valence-corrected chi connectivity index (χ4v) is 2.73. The molecule has 136 valence electrons. The normalized spacial score (nSPS) is 13.4. The SMILES string of the molecule is CCC(Oc1ccc(C)cc1)C(=O)NCC(C)n1nc(C)c(C)c1C. The number of carbonyl (C=O) groups is 1. The quantitative estimate of drug-likeness (QED) is 0.835. The summed E-state index contributed by atoms with van der Waals surface area (Å²) < 4.78 is 7.81. The Bertz CT molecular complexity index is 719. The first kappa shape index (κ1) is 19.0. The van der Waals surface area contributed by atoms with Crippen LogP contribution in [0.25, 0.3) is 0 Å². The van der Waals surface area contributed by atoms with E-state index < -0.39 is 6.10 Å². The lowest BCUT2D eigenvalue weighted by molar-refractivity contribution is -0.128. The minimum Gasteiger partial charge on any atom is -0.481 e. The number of hydrogen-bond acceptors (Lipinski definition) is 3. The summed E-state index contributed by atoms with van der Waals surface area (Å²) in [6, 6.07) is 7.84. The van der Waals surface area contributed by atoms with Crippen molar-refractivity contribution in [1.29, 1.82) is 0 Å². The average molecular weight is 343 g/mol. The van der Waals surface area contributed by atoms with Crippen molar-refractivity contribution >= 4 is 5.91 Å². The number of nitrogens with zero attached hydrogens (tertiary/aromatic N) is 2. The van der Waals surface area contributed by atoms with E-state index in [0.29, 0.717) is 13.0 Å². The highest BCUT2D eigenvalue weighted by atomic mass is 16.5. The molecule has 25 heavy (non-hydrogen) atoms. The van der Waals surface area contributed by atoms with E-state index in [-0.39, 0.29) is 11.9 Å². The lowest BCUT2D eigenvalue weighted by atomic mass is 10.2. The van der Waals surface area contributed by atoms with Crippen molar-refractivity contribution in [2.75, 3.05) is 6.54 Å². The molecule has 0 radical (unpaired) electrons. The van der Waals surface area contributed by atoms with E-state index in [2.05, 4.69) is 31.2 Å². The van der Waals surface area contributed by atoms with E-state index in [9.17, 15) is 4.79 Å². The topological polar surface area (TPSA) is 56.1 Å². The standard InChI is InChI=1S/C20H29N3O2/c1-7-19(25-18-10-8-13(2)9-11-18)20(24)21-12-14(3)23-17(6)15(4)16(5)22-23/h8-11,14,19H,7,12H2,1-6H3,(H,21,24). The predicted octanol–water partition coefficient (Wildman–Crippen LogP) is 3.65. The molecular formula is C20H29N3O2. The summed E-state index contributed by atoms with van der Waals surface area (Å²) in [5, 5.41) is 7.56. The Morgan fingerprint density at radius 2 is 1.84 bits per heavy atom. The number of amides is 1. The van der Waals surface area contributed by atoms with Gasteiger partial charge in [0.15, 0.2) is 6.10 Å². The summed E-state index contributed by atoms with van der Waals surface area (Å²) in [6.45, 7) is 12.7. The van der Waals surface area contributed by atoms with Gasteiger partial charge in [-0.15, -0.1) is 0 Å². The second kappa shape index (κ2) is 8.19. The van der Waals surface area contributed by atoms with E-state index in [1.54, 1.807) is 0 Å². The van der Waals surface area contributed by atoms with E-state index in [4.69, 9.17) is 4.74 Å². The highest BCUT2D eigenvalue weighted by Gasteiger charge is 2.20. The van der Waals surface area contributed by atoms with Gasteiger partial charge in [-0.25, -0.2) is 0 Å². The fourth-order valence-electron chi connectivity index (χ4n) is 2.73. The van der Waals surface area contributed by atoms with E-state index >= 15 is 0 Å². The number of aromatic nitrogens is 2. The zero-order valence-electron chi connectivity index (χ0n) is 16.1. The lowest BCUT2D eigenvalue weighted by Crippen LogP contribution is -2.40. The first-order valence-corrected chi connectivity index (χ1v) is 8.86. The van der Waals surface area contributed by atoms with Gasteiger partial charge in [-0.2, -0.15) is 5.10 Å². The van der Waals surface area contributed by atoms with Gasteiger partial charge in [0.25, 0.3) is 5.91 Å². The first-order valence-electron chi connectivity index (χ1n) is 8.86. The number of rotatable bonds is 7. The highest BCUT2D eigenvalue weighted by Crippen LogP contribution is 2.17. The number of hydrogen-bond donors (Lipinski definition) is 1. The summed E-state index contributed by atoms with van der Waals surface area (Å²) in [6.07, 6.45) is 0.129. The third kappa shape index (κ3) is 4.62. The molecule has 0 saturated heterocycles. The number of nitrogens with one attached hydrogen (secondary N) is 1. The molecule has 1 amide bonds. The molecule has 0 aliphatic carbocycles. The molecular weight excluding hydrogens is 314 g/mol. The average Bonchev–Trinajstić information content (AvgIpc) is 2.86. The molecule has 2 rings (SSSR count). The van der Waals surface area contributed by atoms with Gasteiger partial charge in [0, 0.05) is 12.2 Å². The van der Waals surface area contributed by atoms with Gasteiger partial charge in [0.1, 0.15) is 5.75 Å². The van der Waals surface area contributed by atoms with Gasteiger partial charge in [-0.3, -0.25) is 9.48 Å². The highest BCUT2D eigenvalue weighted by molar-refractivity contribution is 5.81. The van der Waals surface area contributed by atoms with Gasteiger partial charge in [-0.1, -0.05) is 24.6 Å². The van der Waals surface area contributed by atoms with Crippen LogP contribution in [0, 0.1) is 27.7 Å². The van der Waals surface area contributed by atoms with E-state index in [0.717, 1.165) is 17.1 Å². The van der Waals surface area contributed by atoms with Gasteiger partial charge in [0.05, 0.1) is 11.7 Å². The Morgan fingerprint density at radius 3 is 2.36 bits per heavy atom. The van der Waals surface area contributed by atoms with Crippen molar-refractivity contribution in [3.8, 4) is 5.75 Å². The Morgan fingerprint density at radius 1 is 1.20 bits per heavy atom. The maximum absolute atomic E-state index is 12.5.